The predicted molar refractivity (Wildman–Crippen MR) is 128 cm³/mol. The number of carbonyl (C=O) groups is 3. The Labute approximate surface area is 208 Å². The van der Waals surface area contributed by atoms with Crippen LogP contribution in [0.3, 0.4) is 0 Å². The first-order chi connectivity index (χ1) is 16.4. The van der Waals surface area contributed by atoms with Gasteiger partial charge in [-0.05, 0) is 25.3 Å². The van der Waals surface area contributed by atoms with Crippen molar-refractivity contribution in [3.05, 3.63) is 48.6 Å². The maximum atomic E-state index is 14.1. The first kappa shape index (κ1) is 24.9. The lowest BCUT2D eigenvalue weighted by atomic mass is 9.70. The van der Waals surface area contributed by atoms with Crippen molar-refractivity contribution in [3.8, 4) is 0 Å². The number of hydrogen-bond acceptors (Lipinski definition) is 6. The summed E-state index contributed by atoms with van der Waals surface area (Å²) in [5, 5.41) is 9.45. The summed E-state index contributed by atoms with van der Waals surface area (Å²) in [6, 6.07) is 8.72. The maximum absolute atomic E-state index is 14.1. The lowest BCUT2D eigenvalue weighted by Crippen LogP contribution is -2.56. The Morgan fingerprint density at radius 3 is 2.76 bits per heavy atom. The van der Waals surface area contributed by atoms with E-state index in [0.717, 1.165) is 5.56 Å². The summed E-state index contributed by atoms with van der Waals surface area (Å²) in [7, 11) is 0. The molecule has 8 nitrogen and oxygen atoms in total. The number of aliphatic hydroxyl groups excluding tert-OH is 1. The number of fused-ring (bicyclic) bond motifs is 1. The SMILES string of the molecule is C=CCN(Cc1ccccc1)C(=O)C1N(CCCO)C(=O)[C@@H]2[C@H](C(=O)OCC)[C@H]3OC12CC3Br. The van der Waals surface area contributed by atoms with E-state index in [1.165, 1.54) is 4.90 Å². The molecule has 0 aromatic heterocycles. The van der Waals surface area contributed by atoms with Crippen LogP contribution in [0, 0.1) is 11.8 Å². The molecule has 3 aliphatic rings. The van der Waals surface area contributed by atoms with Crippen molar-refractivity contribution in [2.24, 2.45) is 11.8 Å². The maximum Gasteiger partial charge on any atom is 0.312 e. The third-order valence-corrected chi connectivity index (χ3v) is 7.86. The van der Waals surface area contributed by atoms with Gasteiger partial charge < -0.3 is 24.4 Å². The molecule has 2 amide bonds. The van der Waals surface area contributed by atoms with Crippen LogP contribution in [-0.2, 0) is 30.4 Å². The summed E-state index contributed by atoms with van der Waals surface area (Å²) in [5.41, 5.74) is -0.173. The molecule has 3 fully saturated rings. The molecule has 0 radical (unpaired) electrons. The Balaban J connectivity index is 1.72. The quantitative estimate of drug-likeness (QED) is 0.280. The van der Waals surface area contributed by atoms with Gasteiger partial charge in [0.15, 0.2) is 0 Å². The van der Waals surface area contributed by atoms with Crippen molar-refractivity contribution in [2.75, 3.05) is 26.3 Å². The Kier molecular flexibility index (Phi) is 7.45. The molecule has 1 spiro atoms. The number of nitrogens with zero attached hydrogens (tertiary/aromatic N) is 2. The molecule has 1 aromatic rings. The lowest BCUT2D eigenvalue weighted by Gasteiger charge is -2.37. The van der Waals surface area contributed by atoms with E-state index in [1.807, 2.05) is 30.3 Å². The van der Waals surface area contributed by atoms with Gasteiger partial charge in [-0.15, -0.1) is 6.58 Å². The van der Waals surface area contributed by atoms with Gasteiger partial charge >= 0.3 is 5.97 Å². The van der Waals surface area contributed by atoms with E-state index in [-0.39, 0.29) is 36.4 Å². The van der Waals surface area contributed by atoms with Crippen molar-refractivity contribution in [1.82, 2.24) is 9.80 Å². The number of alkyl halides is 1. The number of benzene rings is 1. The van der Waals surface area contributed by atoms with Crippen LogP contribution in [0.4, 0.5) is 0 Å². The molecule has 0 saturated carbocycles. The summed E-state index contributed by atoms with van der Waals surface area (Å²) in [5.74, 6) is -2.57. The number of esters is 1. The second kappa shape index (κ2) is 10.2. The van der Waals surface area contributed by atoms with Gasteiger partial charge in [0.05, 0.1) is 24.5 Å². The zero-order chi connectivity index (χ0) is 24.5. The third-order valence-electron chi connectivity index (χ3n) is 7.02. The molecular formula is C25H31BrN2O6. The topological polar surface area (TPSA) is 96.4 Å². The minimum Gasteiger partial charge on any atom is -0.466 e. The highest BCUT2D eigenvalue weighted by molar-refractivity contribution is 9.09. The number of ether oxygens (including phenoxy) is 2. The van der Waals surface area contributed by atoms with Gasteiger partial charge in [-0.25, -0.2) is 0 Å². The molecule has 3 heterocycles. The van der Waals surface area contributed by atoms with Crippen molar-refractivity contribution in [3.63, 3.8) is 0 Å². The van der Waals surface area contributed by atoms with Crippen molar-refractivity contribution in [1.29, 1.82) is 0 Å². The molecule has 4 rings (SSSR count). The lowest BCUT2D eigenvalue weighted by molar-refractivity contribution is -0.155. The van der Waals surface area contributed by atoms with Crippen molar-refractivity contribution in [2.45, 2.75) is 48.9 Å². The predicted octanol–water partition coefficient (Wildman–Crippen LogP) is 1.89. The van der Waals surface area contributed by atoms with Gasteiger partial charge in [-0.1, -0.05) is 52.3 Å². The zero-order valence-electron chi connectivity index (χ0n) is 19.3. The summed E-state index contributed by atoms with van der Waals surface area (Å²) in [4.78, 5) is 43.7. The molecule has 1 N–H and O–H groups in total. The first-order valence-corrected chi connectivity index (χ1v) is 12.6. The van der Waals surface area contributed by atoms with Crippen LogP contribution in [0.25, 0.3) is 0 Å². The molecule has 0 aliphatic carbocycles. The highest BCUT2D eigenvalue weighted by Crippen LogP contribution is 2.60. The number of aliphatic hydroxyl groups is 1. The Bertz CT molecular complexity index is 943. The van der Waals surface area contributed by atoms with Gasteiger partial charge in [-0.3, -0.25) is 14.4 Å². The molecule has 2 bridgehead atoms. The van der Waals surface area contributed by atoms with E-state index in [1.54, 1.807) is 17.9 Å². The number of amides is 2. The van der Waals surface area contributed by atoms with E-state index in [4.69, 9.17) is 9.47 Å². The second-order valence-electron chi connectivity index (χ2n) is 9.02. The van der Waals surface area contributed by atoms with Crippen LogP contribution in [-0.4, -0.2) is 81.6 Å². The van der Waals surface area contributed by atoms with Gasteiger partial charge in [0, 0.05) is 31.1 Å². The highest BCUT2D eigenvalue weighted by atomic mass is 79.9. The molecule has 6 atom stereocenters. The molecule has 3 unspecified atom stereocenters. The van der Waals surface area contributed by atoms with Gasteiger partial charge in [0.2, 0.25) is 11.8 Å². The summed E-state index contributed by atoms with van der Waals surface area (Å²) in [6.07, 6.45) is 1.88. The number of hydrogen-bond donors (Lipinski definition) is 1. The van der Waals surface area contributed by atoms with E-state index >= 15 is 0 Å². The average molecular weight is 535 g/mol. The van der Waals surface area contributed by atoms with E-state index in [9.17, 15) is 19.5 Å². The Hall–Kier alpha value is -2.23. The summed E-state index contributed by atoms with van der Waals surface area (Å²) >= 11 is 3.63. The largest absolute Gasteiger partial charge is 0.466 e. The fourth-order valence-corrected chi connectivity index (χ4v) is 6.71. The molecule has 9 heteroatoms. The monoisotopic (exact) mass is 534 g/mol. The first-order valence-electron chi connectivity index (χ1n) is 11.7. The number of rotatable bonds is 10. The van der Waals surface area contributed by atoms with Crippen LogP contribution < -0.4 is 0 Å². The van der Waals surface area contributed by atoms with E-state index < -0.39 is 35.6 Å². The van der Waals surface area contributed by atoms with Crippen molar-refractivity contribution < 1.29 is 29.0 Å². The van der Waals surface area contributed by atoms with Crippen LogP contribution in [0.15, 0.2) is 43.0 Å². The fourth-order valence-electron chi connectivity index (χ4n) is 5.76. The average Bonchev–Trinajstić information content (AvgIpc) is 3.41. The second-order valence-corrected chi connectivity index (χ2v) is 10.2. The minimum absolute atomic E-state index is 0.116. The minimum atomic E-state index is -1.13. The van der Waals surface area contributed by atoms with E-state index in [0.29, 0.717) is 25.9 Å². The number of likely N-dealkylation sites (tertiary alicyclic amines) is 1. The molecule has 3 saturated heterocycles. The van der Waals surface area contributed by atoms with Crippen LogP contribution >= 0.6 is 15.9 Å². The number of carbonyl (C=O) groups excluding carboxylic acids is 3. The Morgan fingerprint density at radius 1 is 1.38 bits per heavy atom. The Morgan fingerprint density at radius 2 is 2.12 bits per heavy atom. The fraction of sp³-hybridized carbons (Fsp3) is 0.560. The zero-order valence-corrected chi connectivity index (χ0v) is 20.9. The van der Waals surface area contributed by atoms with Crippen molar-refractivity contribution >= 4 is 33.7 Å². The third kappa shape index (κ3) is 4.07. The van der Waals surface area contributed by atoms with Gasteiger partial charge in [0.1, 0.15) is 11.6 Å². The standard InChI is InChI=1S/C25H31BrN2O6/c1-3-11-27(15-16-9-6-5-7-10-16)23(31)21-25-14-17(26)20(34-25)18(24(32)33-4-2)19(25)22(30)28(21)12-8-13-29/h3,5-7,9-10,17-21,29H,1,4,8,11-15H2,2H3/t17?,18-,19-,20-,21?,25?/m0/s1. The van der Waals surface area contributed by atoms with Crippen LogP contribution in [0.2, 0.25) is 0 Å². The molecule has 1 aromatic carbocycles. The van der Waals surface area contributed by atoms with Crippen LogP contribution in [0.5, 0.6) is 0 Å². The molecule has 34 heavy (non-hydrogen) atoms. The van der Waals surface area contributed by atoms with Gasteiger partial charge in [0.25, 0.3) is 0 Å². The number of halogens is 1. The van der Waals surface area contributed by atoms with E-state index in [2.05, 4.69) is 22.5 Å². The smallest absolute Gasteiger partial charge is 0.312 e. The molecule has 3 aliphatic heterocycles. The van der Waals surface area contributed by atoms with Gasteiger partial charge in [-0.2, -0.15) is 0 Å². The van der Waals surface area contributed by atoms with Crippen LogP contribution in [0.1, 0.15) is 25.3 Å². The summed E-state index contributed by atoms with van der Waals surface area (Å²) in [6.45, 7) is 6.47. The highest BCUT2D eigenvalue weighted by Gasteiger charge is 2.77. The molecular weight excluding hydrogens is 504 g/mol. The summed E-state index contributed by atoms with van der Waals surface area (Å²) < 4.78 is 11.7. The normalized spacial score (nSPS) is 31.4. The molecule has 184 valence electrons.